The minimum atomic E-state index is -0.610. The first-order chi connectivity index (χ1) is 13.1. The third kappa shape index (κ3) is 5.48. The highest BCUT2D eigenvalue weighted by Crippen LogP contribution is 2.26. The Kier molecular flexibility index (Phi) is 6.31. The number of hydrogen-bond acceptors (Lipinski definition) is 6. The van der Waals surface area contributed by atoms with Crippen molar-refractivity contribution in [3.63, 3.8) is 0 Å². The van der Waals surface area contributed by atoms with Gasteiger partial charge in [0.1, 0.15) is 0 Å². The van der Waals surface area contributed by atoms with Gasteiger partial charge >= 0.3 is 0 Å². The van der Waals surface area contributed by atoms with Gasteiger partial charge in [-0.1, -0.05) is 30.3 Å². The largest absolute Gasteiger partial charge is 0.269 e. The summed E-state index contributed by atoms with van der Waals surface area (Å²) in [4.78, 5) is 10.3. The van der Waals surface area contributed by atoms with Crippen molar-refractivity contribution in [2.45, 2.75) is 6.17 Å². The Balaban J connectivity index is 1.83. The number of non-ortho nitro benzene ring substituents is 1. The monoisotopic (exact) mass is 471 g/mol. The summed E-state index contributed by atoms with van der Waals surface area (Å²) in [5.41, 5.74) is 2.08. The van der Waals surface area contributed by atoms with Crippen LogP contribution < -0.4 is 0 Å². The molecule has 8 heteroatoms. The van der Waals surface area contributed by atoms with Crippen LogP contribution in [0.4, 0.5) is 17.1 Å². The van der Waals surface area contributed by atoms with Crippen molar-refractivity contribution in [1.82, 2.24) is 0 Å². The second-order valence-corrected chi connectivity index (χ2v) is 6.71. The van der Waals surface area contributed by atoms with E-state index in [2.05, 4.69) is 43.0 Å². The number of hydrogen-bond donors (Lipinski definition) is 0. The molecule has 0 aliphatic heterocycles. The minimum Gasteiger partial charge on any atom is -0.258 e. The Morgan fingerprint density at radius 3 is 1.81 bits per heavy atom. The van der Waals surface area contributed by atoms with Crippen LogP contribution in [0.1, 0.15) is 11.7 Å². The predicted molar refractivity (Wildman–Crippen MR) is 110 cm³/mol. The molecule has 134 valence electrons. The lowest BCUT2D eigenvalue weighted by molar-refractivity contribution is -0.384. The molecule has 0 saturated carbocycles. The van der Waals surface area contributed by atoms with Crippen LogP contribution in [0.2, 0.25) is 0 Å². The fourth-order valence-electron chi connectivity index (χ4n) is 2.17. The average molecular weight is 471 g/mol. The number of rotatable bonds is 6. The number of benzene rings is 3. The van der Waals surface area contributed by atoms with Crippen molar-refractivity contribution >= 4 is 39.7 Å². The van der Waals surface area contributed by atoms with Crippen LogP contribution in [-0.4, -0.2) is 4.92 Å². The maximum atomic E-state index is 10.7. The molecule has 1 unspecified atom stereocenters. The van der Waals surface area contributed by atoms with Crippen molar-refractivity contribution in [2.24, 2.45) is 20.5 Å². The van der Waals surface area contributed by atoms with E-state index < -0.39 is 11.1 Å². The van der Waals surface area contributed by atoms with Gasteiger partial charge < -0.3 is 0 Å². The fourth-order valence-corrected chi connectivity index (χ4v) is 2.53. The third-order valence-corrected chi connectivity index (χ3v) is 4.27. The molecule has 0 amide bonds. The van der Waals surface area contributed by atoms with E-state index in [1.807, 2.05) is 54.6 Å². The lowest BCUT2D eigenvalue weighted by Gasteiger charge is -2.05. The predicted octanol–water partition coefficient (Wildman–Crippen LogP) is 6.77. The molecule has 0 aromatic heterocycles. The summed E-state index contributed by atoms with van der Waals surface area (Å²) >= 11 is 2.23. The molecule has 0 aliphatic carbocycles. The highest BCUT2D eigenvalue weighted by molar-refractivity contribution is 14.1. The molecule has 0 bridgehead atoms. The van der Waals surface area contributed by atoms with E-state index >= 15 is 0 Å². The quantitative estimate of drug-likeness (QED) is 0.172. The van der Waals surface area contributed by atoms with E-state index in [0.717, 1.165) is 14.8 Å². The molecule has 0 N–H and O–H groups in total. The smallest absolute Gasteiger partial charge is 0.258 e. The first-order valence-corrected chi connectivity index (χ1v) is 9.06. The minimum absolute atomic E-state index is 0.00644. The van der Waals surface area contributed by atoms with Crippen LogP contribution in [0.3, 0.4) is 0 Å². The van der Waals surface area contributed by atoms with Crippen molar-refractivity contribution in [2.75, 3.05) is 0 Å². The maximum absolute atomic E-state index is 10.7. The highest BCUT2D eigenvalue weighted by atomic mass is 127. The molecule has 7 nitrogen and oxygen atoms in total. The Morgan fingerprint density at radius 2 is 1.30 bits per heavy atom. The number of halogens is 1. The number of nitro groups is 1. The summed E-state index contributed by atoms with van der Waals surface area (Å²) in [5, 5.41) is 27.7. The molecule has 0 fully saturated rings. The standard InChI is InChI=1S/C19H14IN5O2/c20-15-6-8-16(9-7-15)21-23-19(14-4-2-1-3-5-14)24-22-17-10-12-18(13-11-17)25(26)27/h1-13,19H. The molecule has 0 aliphatic rings. The lowest BCUT2D eigenvalue weighted by atomic mass is 10.2. The molecule has 1 atom stereocenters. The van der Waals surface area contributed by atoms with Crippen LogP contribution in [0.5, 0.6) is 0 Å². The second-order valence-electron chi connectivity index (χ2n) is 5.47. The molecular weight excluding hydrogens is 457 g/mol. The van der Waals surface area contributed by atoms with Crippen LogP contribution in [0, 0.1) is 13.7 Å². The van der Waals surface area contributed by atoms with E-state index in [-0.39, 0.29) is 5.69 Å². The molecule has 0 heterocycles. The van der Waals surface area contributed by atoms with Crippen molar-refractivity contribution < 1.29 is 4.92 Å². The normalized spacial score (nSPS) is 12.5. The number of azo groups is 2. The first-order valence-electron chi connectivity index (χ1n) is 7.98. The van der Waals surface area contributed by atoms with Crippen LogP contribution in [-0.2, 0) is 0 Å². The lowest BCUT2D eigenvalue weighted by Crippen LogP contribution is -1.89. The van der Waals surface area contributed by atoms with Crippen molar-refractivity contribution in [1.29, 1.82) is 0 Å². The van der Waals surface area contributed by atoms with Crippen LogP contribution in [0.25, 0.3) is 0 Å². The van der Waals surface area contributed by atoms with E-state index in [9.17, 15) is 10.1 Å². The van der Waals surface area contributed by atoms with Gasteiger partial charge in [-0.25, -0.2) is 0 Å². The second kappa shape index (κ2) is 9.08. The molecule has 0 radical (unpaired) electrons. The van der Waals surface area contributed by atoms with Gasteiger partial charge in [-0.05, 0) is 59.0 Å². The van der Waals surface area contributed by atoms with Crippen LogP contribution >= 0.6 is 22.6 Å². The Hall–Kier alpha value is -3.01. The molecular formula is C19H14IN5O2. The third-order valence-electron chi connectivity index (χ3n) is 3.55. The zero-order valence-electron chi connectivity index (χ0n) is 14.0. The van der Waals surface area contributed by atoms with Gasteiger partial charge in [0, 0.05) is 21.3 Å². The Labute approximate surface area is 169 Å². The first kappa shape index (κ1) is 18.8. The molecule has 3 aromatic carbocycles. The van der Waals surface area contributed by atoms with Gasteiger partial charge in [0.15, 0.2) is 0 Å². The summed E-state index contributed by atoms with van der Waals surface area (Å²) in [7, 11) is 0. The highest BCUT2D eigenvalue weighted by Gasteiger charge is 2.09. The van der Waals surface area contributed by atoms with Crippen molar-refractivity contribution in [3.8, 4) is 0 Å². The van der Waals surface area contributed by atoms with Gasteiger partial charge in [-0.3, -0.25) is 10.1 Å². The fraction of sp³-hybridized carbons (Fsp3) is 0.0526. The number of nitro benzene ring substituents is 1. The molecule has 0 saturated heterocycles. The SMILES string of the molecule is O=[N+]([O-])c1ccc(N=NC(N=Nc2ccc(I)cc2)c2ccccc2)cc1. The zero-order chi connectivity index (χ0) is 19.1. The van der Waals surface area contributed by atoms with E-state index in [1.165, 1.54) is 12.1 Å². The molecule has 0 spiro atoms. The molecule has 3 aromatic rings. The van der Waals surface area contributed by atoms with Gasteiger partial charge in [-0.15, -0.1) is 0 Å². The van der Waals surface area contributed by atoms with Gasteiger partial charge in [-0.2, -0.15) is 20.5 Å². The Morgan fingerprint density at radius 1 is 0.778 bits per heavy atom. The van der Waals surface area contributed by atoms with E-state index in [0.29, 0.717) is 5.69 Å². The average Bonchev–Trinajstić information content (AvgIpc) is 2.70. The zero-order valence-corrected chi connectivity index (χ0v) is 16.2. The Bertz CT molecular complexity index is 958. The molecule has 3 rings (SSSR count). The van der Waals surface area contributed by atoms with Gasteiger partial charge in [0.2, 0.25) is 6.17 Å². The number of nitrogens with zero attached hydrogens (tertiary/aromatic N) is 5. The summed E-state index contributed by atoms with van der Waals surface area (Å²) in [6.45, 7) is 0. The van der Waals surface area contributed by atoms with Crippen molar-refractivity contribution in [3.05, 3.63) is 98.1 Å². The van der Waals surface area contributed by atoms with E-state index in [4.69, 9.17) is 0 Å². The molecule has 27 heavy (non-hydrogen) atoms. The summed E-state index contributed by atoms with van der Waals surface area (Å²) in [6.07, 6.45) is -0.610. The maximum Gasteiger partial charge on any atom is 0.269 e. The summed E-state index contributed by atoms with van der Waals surface area (Å²) in [6, 6.07) is 23.0. The van der Waals surface area contributed by atoms with Crippen LogP contribution in [0.15, 0.2) is 99.3 Å². The topological polar surface area (TPSA) is 92.6 Å². The summed E-state index contributed by atoms with van der Waals surface area (Å²) < 4.78 is 1.11. The van der Waals surface area contributed by atoms with Gasteiger partial charge in [0.05, 0.1) is 16.3 Å². The summed E-state index contributed by atoms with van der Waals surface area (Å²) in [5.74, 6) is 0. The van der Waals surface area contributed by atoms with Gasteiger partial charge in [0.25, 0.3) is 5.69 Å². The van der Waals surface area contributed by atoms with E-state index in [1.54, 1.807) is 12.1 Å².